The largest absolute Gasteiger partial charge is 0.148 e. The zero-order valence-electron chi connectivity index (χ0n) is 9.02. The van der Waals surface area contributed by atoms with Gasteiger partial charge in [-0.15, -0.1) is 11.3 Å². The number of rotatable bonds is 5. The molecule has 0 bridgehead atoms. The van der Waals surface area contributed by atoms with Gasteiger partial charge in [0, 0.05) is 4.88 Å². The van der Waals surface area contributed by atoms with Gasteiger partial charge in [0.1, 0.15) is 0 Å². The Hall–Kier alpha value is -0.300. The normalized spacial score (nSPS) is 10.7. The lowest BCUT2D eigenvalue weighted by molar-refractivity contribution is 0.790. The Kier molecular flexibility index (Phi) is 4.51. The second-order valence-corrected chi connectivity index (χ2v) is 4.64. The summed E-state index contributed by atoms with van der Waals surface area (Å²) in [5.41, 5.74) is 3.15. The maximum atomic E-state index is 2.32. The Morgan fingerprint density at radius 3 is 2.54 bits per heavy atom. The summed E-state index contributed by atoms with van der Waals surface area (Å²) in [5.74, 6) is 0. The van der Waals surface area contributed by atoms with Crippen LogP contribution < -0.4 is 0 Å². The molecule has 1 rings (SSSR count). The van der Waals surface area contributed by atoms with E-state index in [1.807, 2.05) is 11.3 Å². The molecule has 0 fully saturated rings. The van der Waals surface area contributed by atoms with Gasteiger partial charge in [0.2, 0.25) is 0 Å². The number of unbranched alkanes of at least 4 members (excludes halogenated alkanes) is 1. The second kappa shape index (κ2) is 5.43. The monoisotopic (exact) mass is 196 g/mol. The van der Waals surface area contributed by atoms with Gasteiger partial charge in [0.25, 0.3) is 0 Å². The van der Waals surface area contributed by atoms with Crippen molar-refractivity contribution in [3.63, 3.8) is 0 Å². The summed E-state index contributed by atoms with van der Waals surface area (Å²) >= 11 is 1.96. The molecular weight excluding hydrogens is 176 g/mol. The molecule has 1 heteroatoms. The van der Waals surface area contributed by atoms with Crippen molar-refractivity contribution in [3.8, 4) is 0 Å². The van der Waals surface area contributed by atoms with Crippen LogP contribution in [0.3, 0.4) is 0 Å². The molecule has 1 heterocycles. The van der Waals surface area contributed by atoms with Crippen LogP contribution in [0.25, 0.3) is 0 Å². The molecule has 0 saturated heterocycles. The highest BCUT2D eigenvalue weighted by atomic mass is 32.1. The summed E-state index contributed by atoms with van der Waals surface area (Å²) < 4.78 is 0. The maximum absolute atomic E-state index is 2.32. The lowest BCUT2D eigenvalue weighted by Gasteiger charge is -2.02. The Labute approximate surface area is 86.0 Å². The van der Waals surface area contributed by atoms with Crippen molar-refractivity contribution in [2.75, 3.05) is 0 Å². The molecule has 0 spiro atoms. The minimum absolute atomic E-state index is 1.27. The lowest BCUT2D eigenvalue weighted by Crippen LogP contribution is -1.90. The molecule has 0 aliphatic rings. The second-order valence-electron chi connectivity index (χ2n) is 3.67. The van der Waals surface area contributed by atoms with Crippen molar-refractivity contribution in [1.29, 1.82) is 0 Å². The number of hydrogen-bond donors (Lipinski definition) is 0. The van der Waals surface area contributed by atoms with Gasteiger partial charge in [0.05, 0.1) is 0 Å². The first-order valence-electron chi connectivity index (χ1n) is 5.35. The molecule has 0 saturated carbocycles. The first-order valence-corrected chi connectivity index (χ1v) is 6.23. The van der Waals surface area contributed by atoms with Crippen LogP contribution in [0.4, 0.5) is 0 Å². The van der Waals surface area contributed by atoms with E-state index in [9.17, 15) is 0 Å². The average molecular weight is 196 g/mol. The van der Waals surface area contributed by atoms with Crippen molar-refractivity contribution in [2.45, 2.75) is 52.9 Å². The molecule has 0 N–H and O–H groups in total. The van der Waals surface area contributed by atoms with Crippen LogP contribution in [-0.4, -0.2) is 0 Å². The SMILES string of the molecule is CCCCc1scc(C)c1CCC. The highest BCUT2D eigenvalue weighted by molar-refractivity contribution is 7.10. The molecule has 74 valence electrons. The van der Waals surface area contributed by atoms with E-state index in [0.717, 1.165) is 0 Å². The highest BCUT2D eigenvalue weighted by Gasteiger charge is 2.06. The minimum atomic E-state index is 1.27. The van der Waals surface area contributed by atoms with Crippen LogP contribution in [-0.2, 0) is 12.8 Å². The van der Waals surface area contributed by atoms with Crippen molar-refractivity contribution < 1.29 is 0 Å². The Bertz CT molecular complexity index is 248. The predicted molar refractivity (Wildman–Crippen MR) is 61.7 cm³/mol. The number of thiophene rings is 1. The van der Waals surface area contributed by atoms with Gasteiger partial charge < -0.3 is 0 Å². The van der Waals surface area contributed by atoms with Crippen LogP contribution in [0.1, 0.15) is 49.1 Å². The number of hydrogen-bond acceptors (Lipinski definition) is 1. The van der Waals surface area contributed by atoms with Gasteiger partial charge in [-0.1, -0.05) is 26.7 Å². The standard InChI is InChI=1S/C12H20S/c1-4-6-8-12-11(7-5-2)10(3)9-13-12/h9H,4-8H2,1-3H3. The first kappa shape index (κ1) is 10.8. The molecule has 0 nitrogen and oxygen atoms in total. The quantitative estimate of drug-likeness (QED) is 0.656. The van der Waals surface area contributed by atoms with E-state index in [1.165, 1.54) is 37.7 Å². The van der Waals surface area contributed by atoms with E-state index in [0.29, 0.717) is 0 Å². The minimum Gasteiger partial charge on any atom is -0.148 e. The van der Waals surface area contributed by atoms with Crippen LogP contribution in [0.2, 0.25) is 0 Å². The summed E-state index contributed by atoms with van der Waals surface area (Å²) in [6.45, 7) is 6.78. The summed E-state index contributed by atoms with van der Waals surface area (Å²) in [6, 6.07) is 0. The van der Waals surface area contributed by atoms with Crippen molar-refractivity contribution in [3.05, 3.63) is 21.4 Å². The van der Waals surface area contributed by atoms with E-state index in [1.54, 1.807) is 10.4 Å². The Balaban J connectivity index is 2.68. The fraction of sp³-hybridized carbons (Fsp3) is 0.667. The van der Waals surface area contributed by atoms with Gasteiger partial charge in [-0.3, -0.25) is 0 Å². The Morgan fingerprint density at radius 2 is 1.92 bits per heavy atom. The van der Waals surface area contributed by atoms with Gasteiger partial charge in [-0.2, -0.15) is 0 Å². The molecule has 1 aromatic heterocycles. The Morgan fingerprint density at radius 1 is 1.15 bits per heavy atom. The third kappa shape index (κ3) is 2.84. The van der Waals surface area contributed by atoms with E-state index >= 15 is 0 Å². The van der Waals surface area contributed by atoms with Crippen LogP contribution in [0.5, 0.6) is 0 Å². The molecule has 1 aromatic rings. The molecule has 0 aliphatic heterocycles. The smallest absolute Gasteiger partial charge is 0.00799 e. The third-order valence-electron chi connectivity index (χ3n) is 2.45. The van der Waals surface area contributed by atoms with Crippen molar-refractivity contribution >= 4 is 11.3 Å². The molecule has 0 atom stereocenters. The van der Waals surface area contributed by atoms with Crippen LogP contribution >= 0.6 is 11.3 Å². The molecule has 0 amide bonds. The molecule has 0 unspecified atom stereocenters. The van der Waals surface area contributed by atoms with Crippen molar-refractivity contribution in [1.82, 2.24) is 0 Å². The molecule has 0 aromatic carbocycles. The molecule has 0 radical (unpaired) electrons. The molecular formula is C12H20S. The summed E-state index contributed by atoms with van der Waals surface area (Å²) in [4.78, 5) is 1.64. The van der Waals surface area contributed by atoms with Gasteiger partial charge in [-0.05, 0) is 42.7 Å². The average Bonchev–Trinajstić information content (AvgIpc) is 2.46. The fourth-order valence-corrected chi connectivity index (χ4v) is 2.78. The van der Waals surface area contributed by atoms with E-state index in [-0.39, 0.29) is 0 Å². The first-order chi connectivity index (χ1) is 6.29. The summed E-state index contributed by atoms with van der Waals surface area (Å²) in [6.07, 6.45) is 6.49. The van der Waals surface area contributed by atoms with Crippen molar-refractivity contribution in [2.24, 2.45) is 0 Å². The number of aryl methyl sites for hydroxylation is 2. The van der Waals surface area contributed by atoms with E-state index < -0.39 is 0 Å². The topological polar surface area (TPSA) is 0 Å². The lowest BCUT2D eigenvalue weighted by atomic mass is 10.0. The predicted octanol–water partition coefficient (Wildman–Crippen LogP) is 4.35. The highest BCUT2D eigenvalue weighted by Crippen LogP contribution is 2.25. The summed E-state index contributed by atoms with van der Waals surface area (Å²) in [5, 5.41) is 2.32. The molecule has 0 aliphatic carbocycles. The van der Waals surface area contributed by atoms with Crippen LogP contribution in [0.15, 0.2) is 5.38 Å². The van der Waals surface area contributed by atoms with Gasteiger partial charge >= 0.3 is 0 Å². The third-order valence-corrected chi connectivity index (χ3v) is 3.65. The van der Waals surface area contributed by atoms with E-state index in [4.69, 9.17) is 0 Å². The zero-order chi connectivity index (χ0) is 9.68. The fourth-order valence-electron chi connectivity index (χ4n) is 1.66. The zero-order valence-corrected chi connectivity index (χ0v) is 9.84. The maximum Gasteiger partial charge on any atom is 0.00799 e. The van der Waals surface area contributed by atoms with Gasteiger partial charge in [0.15, 0.2) is 0 Å². The van der Waals surface area contributed by atoms with E-state index in [2.05, 4.69) is 26.2 Å². The molecule has 13 heavy (non-hydrogen) atoms. The summed E-state index contributed by atoms with van der Waals surface area (Å²) in [7, 11) is 0. The van der Waals surface area contributed by atoms with Crippen LogP contribution in [0, 0.1) is 6.92 Å². The van der Waals surface area contributed by atoms with Gasteiger partial charge in [-0.25, -0.2) is 0 Å².